The van der Waals surface area contributed by atoms with E-state index in [-0.39, 0.29) is 17.0 Å². The van der Waals surface area contributed by atoms with Crippen molar-refractivity contribution in [1.82, 2.24) is 14.4 Å². The van der Waals surface area contributed by atoms with Gasteiger partial charge in [-0.25, -0.2) is 23.1 Å². The summed E-state index contributed by atoms with van der Waals surface area (Å²) in [6.45, 7) is 1.89. The molecule has 0 bridgehead atoms. The van der Waals surface area contributed by atoms with Crippen LogP contribution in [0.1, 0.15) is 35.2 Å². The Kier molecular flexibility index (Phi) is 4.20. The summed E-state index contributed by atoms with van der Waals surface area (Å²) in [4.78, 5) is 19.8. The zero-order valence-corrected chi connectivity index (χ0v) is 12.6. The van der Waals surface area contributed by atoms with Crippen molar-refractivity contribution in [3.63, 3.8) is 0 Å². The summed E-state index contributed by atoms with van der Waals surface area (Å²) >= 11 is 0. The molecule has 0 saturated heterocycles. The Morgan fingerprint density at radius 2 is 2.08 bits per heavy atom. The van der Waals surface area contributed by atoms with E-state index in [9.17, 15) is 18.0 Å². The van der Waals surface area contributed by atoms with Gasteiger partial charge in [-0.05, 0) is 18.6 Å². The summed E-state index contributed by atoms with van der Waals surface area (Å²) in [7, 11) is 0. The number of hydrogen-bond acceptors (Lipinski definition) is 3. The zero-order chi connectivity index (χ0) is 17.3. The van der Waals surface area contributed by atoms with Crippen LogP contribution in [0.2, 0.25) is 0 Å². The number of carbonyl (C=O) groups is 1. The lowest BCUT2D eigenvalue weighted by molar-refractivity contribution is 0.102. The number of nitrogens with zero attached hydrogens (tertiary/aromatic N) is 3. The van der Waals surface area contributed by atoms with Crippen LogP contribution in [0.3, 0.4) is 0 Å². The van der Waals surface area contributed by atoms with Crippen molar-refractivity contribution < 1.29 is 18.0 Å². The molecule has 3 heterocycles. The molecule has 5 nitrogen and oxygen atoms in total. The molecule has 0 aliphatic rings. The van der Waals surface area contributed by atoms with Gasteiger partial charge in [0, 0.05) is 18.5 Å². The molecule has 0 fully saturated rings. The van der Waals surface area contributed by atoms with E-state index in [0.717, 1.165) is 12.1 Å². The van der Waals surface area contributed by atoms with Crippen LogP contribution < -0.4 is 5.32 Å². The van der Waals surface area contributed by atoms with Gasteiger partial charge in [0.05, 0.1) is 11.4 Å². The van der Waals surface area contributed by atoms with Gasteiger partial charge < -0.3 is 9.72 Å². The number of nitrogens with one attached hydrogen (secondary N) is 1. The van der Waals surface area contributed by atoms with Crippen LogP contribution in [-0.2, 0) is 6.42 Å². The number of fused-ring (bicyclic) bond motifs is 1. The molecule has 0 atom stereocenters. The van der Waals surface area contributed by atoms with Crippen LogP contribution in [0.15, 0.2) is 36.7 Å². The van der Waals surface area contributed by atoms with Crippen LogP contribution in [0.25, 0.3) is 5.65 Å². The van der Waals surface area contributed by atoms with Gasteiger partial charge in [-0.3, -0.25) is 4.79 Å². The number of alkyl halides is 2. The molecule has 3 rings (SSSR count). The average molecular weight is 334 g/mol. The fourth-order valence-electron chi connectivity index (χ4n) is 2.24. The van der Waals surface area contributed by atoms with Gasteiger partial charge in [0.25, 0.3) is 12.3 Å². The van der Waals surface area contributed by atoms with Crippen LogP contribution in [-0.4, -0.2) is 20.3 Å². The number of aromatic nitrogens is 3. The molecule has 24 heavy (non-hydrogen) atoms. The van der Waals surface area contributed by atoms with E-state index < -0.39 is 23.8 Å². The van der Waals surface area contributed by atoms with E-state index in [1.807, 2.05) is 6.92 Å². The molecule has 0 aliphatic heterocycles. The quantitative estimate of drug-likeness (QED) is 0.793. The second-order valence-electron chi connectivity index (χ2n) is 5.10. The van der Waals surface area contributed by atoms with E-state index in [4.69, 9.17) is 0 Å². The fraction of sp³-hybridized carbons (Fsp3) is 0.188. The van der Waals surface area contributed by atoms with Crippen LogP contribution in [0, 0.1) is 5.82 Å². The normalized spacial score (nSPS) is 11.2. The minimum atomic E-state index is -2.77. The number of aryl methyl sites for hydroxylation is 1. The molecule has 1 N–H and O–H groups in total. The average Bonchev–Trinajstić information content (AvgIpc) is 2.98. The Labute approximate surface area is 135 Å². The van der Waals surface area contributed by atoms with Crippen molar-refractivity contribution in [1.29, 1.82) is 0 Å². The second-order valence-corrected chi connectivity index (χ2v) is 5.10. The molecule has 0 aliphatic carbocycles. The Morgan fingerprint density at radius 3 is 2.79 bits per heavy atom. The summed E-state index contributed by atoms with van der Waals surface area (Å²) in [5.41, 5.74) is 0.375. The monoisotopic (exact) mass is 334 g/mol. The molecule has 0 saturated carbocycles. The Bertz CT molecular complexity index is 907. The van der Waals surface area contributed by atoms with Gasteiger partial charge in [0.1, 0.15) is 11.4 Å². The van der Waals surface area contributed by atoms with Gasteiger partial charge in [0.2, 0.25) is 0 Å². The molecule has 1 amide bonds. The maximum atomic E-state index is 14.1. The number of imidazole rings is 1. The van der Waals surface area contributed by atoms with Crippen LogP contribution in [0.5, 0.6) is 0 Å². The van der Waals surface area contributed by atoms with Crippen molar-refractivity contribution in [3.05, 3.63) is 59.6 Å². The molecule has 0 unspecified atom stereocenters. The van der Waals surface area contributed by atoms with Crippen LogP contribution in [0.4, 0.5) is 18.9 Å². The predicted octanol–water partition coefficient (Wildman–Crippen LogP) is 3.62. The largest absolute Gasteiger partial charge is 0.319 e. The van der Waals surface area contributed by atoms with Gasteiger partial charge >= 0.3 is 0 Å². The minimum Gasteiger partial charge on any atom is -0.319 e. The van der Waals surface area contributed by atoms with E-state index in [1.165, 1.54) is 22.7 Å². The van der Waals surface area contributed by atoms with Crippen molar-refractivity contribution >= 4 is 17.2 Å². The van der Waals surface area contributed by atoms with E-state index in [0.29, 0.717) is 12.1 Å². The third-order valence-electron chi connectivity index (χ3n) is 3.40. The van der Waals surface area contributed by atoms with Gasteiger partial charge in [-0.15, -0.1) is 0 Å². The molecule has 0 spiro atoms. The molecule has 3 aromatic rings. The highest BCUT2D eigenvalue weighted by Crippen LogP contribution is 2.19. The first-order chi connectivity index (χ1) is 11.5. The van der Waals surface area contributed by atoms with Gasteiger partial charge in [-0.1, -0.05) is 13.0 Å². The van der Waals surface area contributed by atoms with Crippen molar-refractivity contribution in [2.24, 2.45) is 0 Å². The first kappa shape index (κ1) is 16.0. The summed E-state index contributed by atoms with van der Waals surface area (Å²) in [6.07, 6.45) is 1.03. The zero-order valence-electron chi connectivity index (χ0n) is 12.6. The van der Waals surface area contributed by atoms with E-state index >= 15 is 0 Å². The molecule has 124 valence electrons. The predicted molar refractivity (Wildman–Crippen MR) is 81.7 cm³/mol. The first-order valence-electron chi connectivity index (χ1n) is 7.21. The molecule has 8 heteroatoms. The highest BCUT2D eigenvalue weighted by Gasteiger charge is 2.15. The third kappa shape index (κ3) is 3.08. The lowest BCUT2D eigenvalue weighted by Gasteiger charge is -2.07. The van der Waals surface area contributed by atoms with Crippen molar-refractivity contribution in [2.75, 3.05) is 5.32 Å². The maximum absolute atomic E-state index is 14.1. The number of hydrogen-bond donors (Lipinski definition) is 1. The highest BCUT2D eigenvalue weighted by atomic mass is 19.3. The first-order valence-corrected chi connectivity index (χ1v) is 7.21. The summed E-state index contributed by atoms with van der Waals surface area (Å²) < 4.78 is 40.8. The maximum Gasteiger partial charge on any atom is 0.280 e. The van der Waals surface area contributed by atoms with Crippen LogP contribution >= 0.6 is 0 Å². The Balaban J connectivity index is 1.89. The van der Waals surface area contributed by atoms with Crippen molar-refractivity contribution in [2.45, 2.75) is 19.8 Å². The lowest BCUT2D eigenvalue weighted by Crippen LogP contribution is -2.15. The minimum absolute atomic E-state index is 0.155. The summed E-state index contributed by atoms with van der Waals surface area (Å²) in [5.74, 6) is -1.30. The smallest absolute Gasteiger partial charge is 0.280 e. The number of carbonyl (C=O) groups excluding carboxylic acids is 1. The number of pyridine rings is 2. The van der Waals surface area contributed by atoms with Crippen molar-refractivity contribution in [3.8, 4) is 0 Å². The third-order valence-corrected chi connectivity index (χ3v) is 3.40. The van der Waals surface area contributed by atoms with E-state index in [2.05, 4.69) is 15.3 Å². The molecule has 0 aromatic carbocycles. The Morgan fingerprint density at radius 1 is 1.29 bits per heavy atom. The fourth-order valence-corrected chi connectivity index (χ4v) is 2.24. The number of halogens is 3. The summed E-state index contributed by atoms with van der Waals surface area (Å²) in [5, 5.41) is 2.45. The molecule has 0 radical (unpaired) electrons. The number of rotatable bonds is 4. The molecule has 3 aromatic heterocycles. The number of amides is 1. The number of anilines is 1. The highest BCUT2D eigenvalue weighted by molar-refractivity contribution is 6.02. The topological polar surface area (TPSA) is 59.3 Å². The summed E-state index contributed by atoms with van der Waals surface area (Å²) in [6, 6.07) is 4.88. The SMILES string of the molecule is CCc1cn2cc(NC(=O)c3cccc(C(F)F)n3)cc(F)c2n1. The second kappa shape index (κ2) is 6.31. The van der Waals surface area contributed by atoms with E-state index in [1.54, 1.807) is 6.20 Å². The standard InChI is InChI=1S/C16H13F3N4O/c1-2-9-7-23-8-10(6-11(17)15(23)20-9)21-16(24)13-5-3-4-12(22-13)14(18)19/h3-8,14H,2H2,1H3,(H,21,24). The molecular formula is C16H13F3N4O. The molecular weight excluding hydrogens is 321 g/mol. The van der Waals surface area contributed by atoms with Gasteiger partial charge in [-0.2, -0.15) is 0 Å². The lowest BCUT2D eigenvalue weighted by atomic mass is 10.3. The Hall–Kier alpha value is -2.90. The van der Waals surface area contributed by atoms with Gasteiger partial charge in [0.15, 0.2) is 11.5 Å².